The van der Waals surface area contributed by atoms with Gasteiger partial charge in [-0.1, -0.05) is 5.16 Å². The molecule has 8 nitrogen and oxygen atoms in total. The molecule has 3 rings (SSSR count). The van der Waals surface area contributed by atoms with E-state index in [1.54, 1.807) is 13.1 Å². The van der Waals surface area contributed by atoms with Crippen LogP contribution in [0.4, 0.5) is 5.82 Å². The van der Waals surface area contributed by atoms with Crippen molar-refractivity contribution in [1.82, 2.24) is 20.0 Å². The summed E-state index contributed by atoms with van der Waals surface area (Å²) in [6.45, 7) is 8.69. The minimum absolute atomic E-state index is 0.232. The van der Waals surface area contributed by atoms with Gasteiger partial charge in [0.2, 0.25) is 0 Å². The zero-order chi connectivity index (χ0) is 17.1. The Morgan fingerprint density at radius 1 is 1.46 bits per heavy atom. The number of ether oxygens (including phenoxy) is 1. The lowest BCUT2D eigenvalue weighted by Gasteiger charge is -2.34. The number of hydrogen-bond acceptors (Lipinski definition) is 7. The Morgan fingerprint density at radius 2 is 2.29 bits per heavy atom. The Balaban J connectivity index is 2.11. The van der Waals surface area contributed by atoms with E-state index in [1.807, 2.05) is 23.7 Å². The smallest absolute Gasteiger partial charge is 0.152 e. The molecular formula is C16H22N6O2. The molecule has 24 heavy (non-hydrogen) atoms. The molecule has 128 valence electrons. The number of rotatable bonds is 4. The second kappa shape index (κ2) is 6.96. The third-order valence-electron chi connectivity index (χ3n) is 4.23. The molecule has 2 aromatic rings. The molecule has 1 aliphatic heterocycles. The van der Waals surface area contributed by atoms with Crippen molar-refractivity contribution in [1.29, 1.82) is 0 Å². The molecule has 0 aromatic carbocycles. The molecule has 1 aliphatic rings. The third-order valence-corrected chi connectivity index (χ3v) is 4.23. The molecule has 0 aliphatic carbocycles. The summed E-state index contributed by atoms with van der Waals surface area (Å²) < 4.78 is 7.38. The number of nitrogens with zero attached hydrogens (tertiary/aromatic N) is 6. The average molecular weight is 330 g/mol. The molecular weight excluding hydrogens is 308 g/mol. The first-order chi connectivity index (χ1) is 11.7. The molecule has 0 radical (unpaired) electrons. The Hall–Kier alpha value is -2.48. The lowest BCUT2D eigenvalue weighted by atomic mass is 10.1. The molecule has 3 heterocycles. The number of oxime groups is 1. The Labute approximate surface area is 140 Å². The van der Waals surface area contributed by atoms with Crippen molar-refractivity contribution in [2.75, 3.05) is 24.7 Å². The van der Waals surface area contributed by atoms with Gasteiger partial charge in [-0.2, -0.15) is 5.10 Å². The summed E-state index contributed by atoms with van der Waals surface area (Å²) in [4.78, 5) is 2.18. The highest BCUT2D eigenvalue weighted by Crippen LogP contribution is 2.27. The summed E-state index contributed by atoms with van der Waals surface area (Å²) in [7, 11) is 0. The maximum Gasteiger partial charge on any atom is 0.152 e. The minimum atomic E-state index is 0.232. The van der Waals surface area contributed by atoms with E-state index < -0.39 is 0 Å². The molecule has 1 N–H and O–H groups in total. The maximum atomic E-state index is 9.17. The Bertz CT molecular complexity index is 742. The number of aromatic nitrogens is 4. The zero-order valence-electron chi connectivity index (χ0n) is 14.2. The van der Waals surface area contributed by atoms with Gasteiger partial charge in [0.05, 0.1) is 24.9 Å². The van der Waals surface area contributed by atoms with Crippen molar-refractivity contribution in [2.24, 2.45) is 5.16 Å². The maximum absolute atomic E-state index is 9.17. The summed E-state index contributed by atoms with van der Waals surface area (Å²) in [6, 6.07) is 4.15. The van der Waals surface area contributed by atoms with E-state index in [2.05, 4.69) is 32.3 Å². The van der Waals surface area contributed by atoms with Crippen LogP contribution in [0.3, 0.4) is 0 Å². The van der Waals surface area contributed by atoms with E-state index in [0.717, 1.165) is 30.2 Å². The highest BCUT2D eigenvalue weighted by Gasteiger charge is 2.23. The third kappa shape index (κ3) is 2.96. The molecule has 1 unspecified atom stereocenters. The molecule has 0 spiro atoms. The highest BCUT2D eigenvalue weighted by molar-refractivity contribution is 6.02. The largest absolute Gasteiger partial charge is 0.411 e. The van der Waals surface area contributed by atoms with Gasteiger partial charge in [-0.15, -0.1) is 10.2 Å². The molecule has 1 atom stereocenters. The first-order valence-corrected chi connectivity index (χ1v) is 8.09. The summed E-state index contributed by atoms with van der Waals surface area (Å²) in [5.41, 5.74) is 2.75. The lowest BCUT2D eigenvalue weighted by Crippen LogP contribution is -2.44. The normalized spacial score (nSPS) is 18.9. The fourth-order valence-electron chi connectivity index (χ4n) is 2.91. The number of anilines is 1. The standard InChI is InChI=1S/C16H22N6O2/c1-4-22-14(5-6-17-22)13-9-15(18-19-16(13)12(3)20-23)21-7-8-24-10-11(21)2/h5-6,9,11,23H,4,7-8,10H2,1-3H3. The van der Waals surface area contributed by atoms with E-state index in [-0.39, 0.29) is 6.04 Å². The van der Waals surface area contributed by atoms with Crippen LogP contribution in [0.5, 0.6) is 0 Å². The van der Waals surface area contributed by atoms with Crippen molar-refractivity contribution in [3.05, 3.63) is 24.0 Å². The van der Waals surface area contributed by atoms with Crippen LogP contribution >= 0.6 is 0 Å². The monoisotopic (exact) mass is 330 g/mol. The average Bonchev–Trinajstić information content (AvgIpc) is 3.09. The van der Waals surface area contributed by atoms with Crippen molar-refractivity contribution in [2.45, 2.75) is 33.4 Å². The van der Waals surface area contributed by atoms with Crippen LogP contribution in [0.25, 0.3) is 11.3 Å². The van der Waals surface area contributed by atoms with Crippen molar-refractivity contribution >= 4 is 11.5 Å². The van der Waals surface area contributed by atoms with Gasteiger partial charge >= 0.3 is 0 Å². The first-order valence-electron chi connectivity index (χ1n) is 8.09. The number of aryl methyl sites for hydroxylation is 1. The van der Waals surface area contributed by atoms with Gasteiger partial charge in [-0.25, -0.2) is 0 Å². The van der Waals surface area contributed by atoms with E-state index in [1.165, 1.54) is 0 Å². The molecule has 2 aromatic heterocycles. The Kier molecular flexibility index (Phi) is 4.75. The molecule has 1 fully saturated rings. The van der Waals surface area contributed by atoms with Gasteiger partial charge in [0.25, 0.3) is 0 Å². The molecule has 0 saturated carbocycles. The Morgan fingerprint density at radius 3 is 3.00 bits per heavy atom. The number of morpholine rings is 1. The highest BCUT2D eigenvalue weighted by atomic mass is 16.5. The van der Waals surface area contributed by atoms with Gasteiger partial charge in [-0.05, 0) is 32.9 Å². The molecule has 0 amide bonds. The van der Waals surface area contributed by atoms with Crippen LogP contribution < -0.4 is 4.90 Å². The fourth-order valence-corrected chi connectivity index (χ4v) is 2.91. The molecule has 8 heteroatoms. The van der Waals surface area contributed by atoms with Gasteiger partial charge < -0.3 is 14.8 Å². The van der Waals surface area contributed by atoms with Crippen LogP contribution in [0.1, 0.15) is 26.5 Å². The van der Waals surface area contributed by atoms with Crippen LogP contribution in [-0.4, -0.2) is 56.7 Å². The second-order valence-electron chi connectivity index (χ2n) is 5.80. The van der Waals surface area contributed by atoms with Gasteiger partial charge in [-0.3, -0.25) is 4.68 Å². The SMILES string of the molecule is CCn1nccc1-c1cc(N2CCOCC2C)nnc1C(C)=NO. The fraction of sp³-hybridized carbons (Fsp3) is 0.500. The number of hydrogen-bond donors (Lipinski definition) is 1. The van der Waals surface area contributed by atoms with Crippen molar-refractivity contribution < 1.29 is 9.94 Å². The summed E-state index contributed by atoms with van der Waals surface area (Å²) in [5, 5.41) is 25.5. The van der Waals surface area contributed by atoms with Gasteiger partial charge in [0, 0.05) is 24.8 Å². The van der Waals surface area contributed by atoms with Crippen LogP contribution in [0.2, 0.25) is 0 Å². The zero-order valence-corrected chi connectivity index (χ0v) is 14.2. The lowest BCUT2D eigenvalue weighted by molar-refractivity contribution is 0.0984. The summed E-state index contributed by atoms with van der Waals surface area (Å²) >= 11 is 0. The van der Waals surface area contributed by atoms with E-state index in [9.17, 15) is 0 Å². The summed E-state index contributed by atoms with van der Waals surface area (Å²) in [6.07, 6.45) is 1.76. The van der Waals surface area contributed by atoms with E-state index in [0.29, 0.717) is 24.6 Å². The minimum Gasteiger partial charge on any atom is -0.411 e. The van der Waals surface area contributed by atoms with Crippen LogP contribution in [0, 0.1) is 0 Å². The summed E-state index contributed by atoms with van der Waals surface area (Å²) in [5.74, 6) is 0.791. The van der Waals surface area contributed by atoms with Gasteiger partial charge in [0.1, 0.15) is 11.4 Å². The first kappa shape index (κ1) is 16.4. The van der Waals surface area contributed by atoms with Crippen LogP contribution in [0.15, 0.2) is 23.5 Å². The van der Waals surface area contributed by atoms with Crippen LogP contribution in [-0.2, 0) is 11.3 Å². The van der Waals surface area contributed by atoms with E-state index >= 15 is 0 Å². The predicted molar refractivity (Wildman–Crippen MR) is 90.6 cm³/mol. The molecule has 0 bridgehead atoms. The quantitative estimate of drug-likeness (QED) is 0.522. The topological polar surface area (TPSA) is 88.7 Å². The van der Waals surface area contributed by atoms with Gasteiger partial charge in [0.15, 0.2) is 5.82 Å². The predicted octanol–water partition coefficient (Wildman–Crippen LogP) is 1.78. The second-order valence-corrected chi connectivity index (χ2v) is 5.80. The van der Waals surface area contributed by atoms with Crippen molar-refractivity contribution in [3.8, 4) is 11.3 Å². The van der Waals surface area contributed by atoms with E-state index in [4.69, 9.17) is 9.94 Å². The van der Waals surface area contributed by atoms with Crippen molar-refractivity contribution in [3.63, 3.8) is 0 Å². The molecule has 1 saturated heterocycles.